The van der Waals surface area contributed by atoms with E-state index in [0.717, 1.165) is 42.6 Å². The number of benzene rings is 1. The molecule has 2 unspecified atom stereocenters. The number of carbonyl (C=O) groups is 2. The monoisotopic (exact) mass is 682 g/mol. The molecular weight excluding hydrogens is 636 g/mol. The number of fused-ring (bicyclic) bond motifs is 1. The van der Waals surface area contributed by atoms with Gasteiger partial charge in [0.2, 0.25) is 5.91 Å². The maximum absolute atomic E-state index is 13.6. The Morgan fingerprint density at radius 1 is 1.09 bits per heavy atom. The van der Waals surface area contributed by atoms with Crippen LogP contribution in [0.15, 0.2) is 23.3 Å². The lowest BCUT2D eigenvalue weighted by Gasteiger charge is -2.46. The normalized spacial score (nSPS) is 23.2. The highest BCUT2D eigenvalue weighted by atomic mass is 35.5. The first-order valence-electron chi connectivity index (χ1n) is 16.1. The number of nitrogens with zero attached hydrogens (tertiary/aromatic N) is 4. The number of azide groups is 1. The average Bonchev–Trinajstić information content (AvgIpc) is 3.08. The second-order valence-corrected chi connectivity index (χ2v) is 13.5. The smallest absolute Gasteiger partial charge is 0.315 e. The Morgan fingerprint density at radius 3 is 2.48 bits per heavy atom. The molecule has 0 radical (unpaired) electrons. The molecule has 0 spiro atoms. The first kappa shape index (κ1) is 36.4. The van der Waals surface area contributed by atoms with E-state index >= 15 is 0 Å². The number of urea groups is 1. The molecule has 3 atom stereocenters. The van der Waals surface area contributed by atoms with Gasteiger partial charge in [-0.3, -0.25) is 4.79 Å². The van der Waals surface area contributed by atoms with Crippen LogP contribution in [0.2, 0.25) is 0 Å². The summed E-state index contributed by atoms with van der Waals surface area (Å²) in [6.07, 6.45) is 5.58. The Hall–Kier alpha value is -2.45. The molecule has 46 heavy (non-hydrogen) atoms. The van der Waals surface area contributed by atoms with E-state index in [2.05, 4.69) is 20.7 Å². The van der Waals surface area contributed by atoms with Crippen LogP contribution < -0.4 is 15.4 Å². The first-order valence-corrected chi connectivity index (χ1v) is 17.5. The predicted molar refractivity (Wildman–Crippen MR) is 176 cm³/mol. The number of amides is 3. The molecule has 3 amide bonds. The standard InChI is InChI=1S/C31H47ClN6O7S/c1-41-26-8-7-23-18-38(28(39)21-46-29-31(32,22-34-30(40)36-29)25-5-3-2-4-6-25)19-24(27(23)17-26)20-45-16-15-44-14-13-43-12-11-42-10-9-35-37-33/h7-8,17,24-25,29H,2-6,9-16,18-22H2,1H3,(H2,34,36,40)/t24-,29?,31?/m1/s1. The molecule has 2 heterocycles. The molecule has 0 bridgehead atoms. The fraction of sp³-hybridized carbons (Fsp3) is 0.742. The molecular formula is C31H47ClN6O7S. The van der Waals surface area contributed by atoms with Crippen LogP contribution in [0.25, 0.3) is 10.4 Å². The largest absolute Gasteiger partial charge is 0.497 e. The van der Waals surface area contributed by atoms with E-state index in [0.29, 0.717) is 85.0 Å². The lowest BCUT2D eigenvalue weighted by atomic mass is 9.78. The van der Waals surface area contributed by atoms with Gasteiger partial charge in [-0.05, 0) is 47.6 Å². The molecule has 4 rings (SSSR count). The number of hydrogen-bond acceptors (Lipinski definition) is 9. The molecule has 2 N–H and O–H groups in total. The lowest BCUT2D eigenvalue weighted by molar-refractivity contribution is -0.129. The molecule has 2 aliphatic heterocycles. The van der Waals surface area contributed by atoms with Crippen LogP contribution in [0.1, 0.15) is 49.1 Å². The van der Waals surface area contributed by atoms with E-state index in [1.54, 1.807) is 7.11 Å². The number of thioether (sulfide) groups is 1. The summed E-state index contributed by atoms with van der Waals surface area (Å²) in [7, 11) is 1.65. The molecule has 13 nitrogen and oxygen atoms in total. The van der Waals surface area contributed by atoms with Gasteiger partial charge >= 0.3 is 6.03 Å². The van der Waals surface area contributed by atoms with Crippen molar-refractivity contribution in [3.05, 3.63) is 39.8 Å². The number of halogens is 1. The van der Waals surface area contributed by atoms with Gasteiger partial charge in [0, 0.05) is 37.0 Å². The van der Waals surface area contributed by atoms with Crippen molar-refractivity contribution in [1.29, 1.82) is 0 Å². The topological polar surface area (TPSA) is 156 Å². The Balaban J connectivity index is 1.23. The highest BCUT2D eigenvalue weighted by Crippen LogP contribution is 2.43. The molecule has 1 aliphatic carbocycles. The van der Waals surface area contributed by atoms with E-state index in [4.69, 9.17) is 40.8 Å². The quantitative estimate of drug-likeness (QED) is 0.0714. The van der Waals surface area contributed by atoms with Crippen molar-refractivity contribution in [2.24, 2.45) is 11.0 Å². The van der Waals surface area contributed by atoms with E-state index in [1.165, 1.54) is 18.2 Å². The minimum Gasteiger partial charge on any atom is -0.497 e. The van der Waals surface area contributed by atoms with E-state index < -0.39 is 4.87 Å². The predicted octanol–water partition coefficient (Wildman–Crippen LogP) is 4.43. The van der Waals surface area contributed by atoms with Crippen LogP contribution >= 0.6 is 23.4 Å². The van der Waals surface area contributed by atoms with Gasteiger partial charge in [0.05, 0.1) is 76.0 Å². The Bertz CT molecular complexity index is 1170. The van der Waals surface area contributed by atoms with Gasteiger partial charge in [-0.15, -0.1) is 23.4 Å². The van der Waals surface area contributed by atoms with Gasteiger partial charge in [-0.2, -0.15) is 0 Å². The number of hydrogen-bond donors (Lipinski definition) is 2. The number of rotatable bonds is 19. The van der Waals surface area contributed by atoms with Crippen molar-refractivity contribution in [2.75, 3.05) is 85.4 Å². The van der Waals surface area contributed by atoms with Crippen molar-refractivity contribution < 1.29 is 33.3 Å². The first-order chi connectivity index (χ1) is 22.4. The zero-order valence-electron chi connectivity index (χ0n) is 26.6. The number of nitrogens with one attached hydrogen (secondary N) is 2. The summed E-state index contributed by atoms with van der Waals surface area (Å²) in [6, 6.07) is 5.73. The van der Waals surface area contributed by atoms with Crippen LogP contribution in [-0.4, -0.2) is 112 Å². The second kappa shape index (κ2) is 19.4. The minimum atomic E-state index is -0.627. The highest BCUT2D eigenvalue weighted by Gasteiger charge is 2.48. The highest BCUT2D eigenvalue weighted by molar-refractivity contribution is 8.00. The maximum atomic E-state index is 13.6. The third kappa shape index (κ3) is 10.8. The molecule has 1 aromatic carbocycles. The summed E-state index contributed by atoms with van der Waals surface area (Å²) in [6.45, 7) is 5.12. The second-order valence-electron chi connectivity index (χ2n) is 11.7. The van der Waals surface area contributed by atoms with Crippen molar-refractivity contribution in [1.82, 2.24) is 15.5 Å². The molecule has 15 heteroatoms. The maximum Gasteiger partial charge on any atom is 0.315 e. The fourth-order valence-corrected chi connectivity index (χ4v) is 7.96. The van der Waals surface area contributed by atoms with E-state index in [9.17, 15) is 9.59 Å². The van der Waals surface area contributed by atoms with Crippen molar-refractivity contribution in [3.8, 4) is 5.75 Å². The Kier molecular flexibility index (Phi) is 15.3. The molecule has 0 aromatic heterocycles. The van der Waals surface area contributed by atoms with Gasteiger partial charge in [0.15, 0.2) is 0 Å². The number of methoxy groups -OCH3 is 1. The summed E-state index contributed by atoms with van der Waals surface area (Å²) in [5.74, 6) is 1.27. The zero-order valence-corrected chi connectivity index (χ0v) is 28.2. The SMILES string of the molecule is COc1ccc2c(c1)[C@@H](COCCOCCOCCOCCN=[N+]=[N-])CN(C(=O)CSC1NC(=O)NCC1(Cl)C1CCCCC1)C2. The van der Waals surface area contributed by atoms with Crippen LogP contribution in [0.4, 0.5) is 4.79 Å². The Labute approximate surface area is 280 Å². The summed E-state index contributed by atoms with van der Waals surface area (Å²) < 4.78 is 27.9. The Morgan fingerprint density at radius 2 is 1.78 bits per heavy atom. The molecule has 256 valence electrons. The molecule has 1 aromatic rings. The summed E-state index contributed by atoms with van der Waals surface area (Å²) in [5.41, 5.74) is 10.4. The molecule has 2 fully saturated rings. The van der Waals surface area contributed by atoms with Crippen LogP contribution in [0.3, 0.4) is 0 Å². The van der Waals surface area contributed by atoms with Crippen LogP contribution in [-0.2, 0) is 30.3 Å². The van der Waals surface area contributed by atoms with Crippen molar-refractivity contribution >= 4 is 35.3 Å². The van der Waals surface area contributed by atoms with Gasteiger partial charge in [-0.25, -0.2) is 4.79 Å². The van der Waals surface area contributed by atoms with Crippen LogP contribution in [0, 0.1) is 5.92 Å². The van der Waals surface area contributed by atoms with E-state index in [1.807, 2.05) is 23.1 Å². The third-order valence-electron chi connectivity index (χ3n) is 8.66. The zero-order chi connectivity index (χ0) is 32.6. The van der Waals surface area contributed by atoms with Crippen molar-refractivity contribution in [3.63, 3.8) is 0 Å². The average molecular weight is 683 g/mol. The third-order valence-corrected chi connectivity index (χ3v) is 10.7. The number of alkyl halides is 1. The van der Waals surface area contributed by atoms with Gasteiger partial charge in [0.25, 0.3) is 0 Å². The fourth-order valence-electron chi connectivity index (χ4n) is 6.19. The van der Waals surface area contributed by atoms with Crippen LogP contribution in [0.5, 0.6) is 5.75 Å². The van der Waals surface area contributed by atoms with E-state index in [-0.39, 0.29) is 29.0 Å². The van der Waals surface area contributed by atoms with Gasteiger partial charge in [-0.1, -0.05) is 30.4 Å². The molecule has 1 saturated carbocycles. The number of ether oxygens (including phenoxy) is 5. The summed E-state index contributed by atoms with van der Waals surface area (Å²) in [5, 5.41) is 8.95. The van der Waals surface area contributed by atoms with Gasteiger partial charge in [0.1, 0.15) is 5.75 Å². The molecule has 3 aliphatic rings. The van der Waals surface area contributed by atoms with Gasteiger partial charge < -0.3 is 39.2 Å². The van der Waals surface area contributed by atoms with Crippen molar-refractivity contribution in [2.45, 2.75) is 54.8 Å². The number of carbonyl (C=O) groups excluding carboxylic acids is 2. The minimum absolute atomic E-state index is 0.0105. The summed E-state index contributed by atoms with van der Waals surface area (Å²) >= 11 is 8.67. The molecule has 1 saturated heterocycles. The lowest BCUT2D eigenvalue weighted by Crippen LogP contribution is -2.64. The summed E-state index contributed by atoms with van der Waals surface area (Å²) in [4.78, 5) is 29.8.